The summed E-state index contributed by atoms with van der Waals surface area (Å²) in [5, 5.41) is 8.52. The largest absolute Gasteiger partial charge is 0.399 e. The first-order valence-electron chi connectivity index (χ1n) is 4.33. The minimum absolute atomic E-state index is 0. The van der Waals surface area contributed by atoms with Crippen LogP contribution in [0.2, 0.25) is 0 Å². The van der Waals surface area contributed by atoms with Crippen molar-refractivity contribution in [2.45, 2.75) is 33.3 Å². The lowest BCUT2D eigenvalue weighted by molar-refractivity contribution is 0.102. The van der Waals surface area contributed by atoms with Gasteiger partial charge in [0.25, 0.3) is 0 Å². The van der Waals surface area contributed by atoms with Crippen LogP contribution in [0, 0.1) is 6.92 Å². The summed E-state index contributed by atoms with van der Waals surface area (Å²) in [6.07, 6.45) is 0. The molecule has 0 heterocycles. The van der Waals surface area contributed by atoms with E-state index in [9.17, 15) is 0 Å². The van der Waals surface area contributed by atoms with Crippen LogP contribution in [0.5, 0.6) is 0 Å². The molecule has 0 bridgehead atoms. The number of anilines is 1. The van der Waals surface area contributed by atoms with Gasteiger partial charge in [0.2, 0.25) is 0 Å². The van der Waals surface area contributed by atoms with Crippen molar-refractivity contribution in [3.8, 4) is 0 Å². The molecule has 0 aliphatic carbocycles. The highest BCUT2D eigenvalue weighted by Gasteiger charge is 1.97. The van der Waals surface area contributed by atoms with Crippen LogP contribution >= 0.6 is 0 Å². The Morgan fingerprint density at radius 3 is 1.69 bits per heavy atom. The van der Waals surface area contributed by atoms with Gasteiger partial charge in [-0.3, -0.25) is 0 Å². The Bertz CT molecular complexity index is 211. The number of aryl methyl sites for hydroxylation is 1. The molecular formula is C11H21NO. The van der Waals surface area contributed by atoms with Crippen LogP contribution in [0.4, 0.5) is 5.69 Å². The summed E-state index contributed by atoms with van der Waals surface area (Å²) >= 11 is 0. The smallest absolute Gasteiger partial charge is 0.0563 e. The molecule has 0 saturated heterocycles. The minimum atomic E-state index is -0.500. The maximum absolute atomic E-state index is 8.52. The van der Waals surface area contributed by atoms with E-state index in [0.29, 0.717) is 0 Å². The van der Waals surface area contributed by atoms with Gasteiger partial charge < -0.3 is 10.8 Å². The standard InChI is InChI=1S/C7H9N.C4H10O.H2/c1-6-2-4-7(8)5-3-6;1-4(2,3)5;/h2-5H,8H2,1H3;5H,1-3H3;1H. The number of hydrogen-bond acceptors (Lipinski definition) is 2. The Morgan fingerprint density at radius 1 is 1.15 bits per heavy atom. The Kier molecular flexibility index (Phi) is 4.49. The summed E-state index contributed by atoms with van der Waals surface area (Å²) in [6, 6.07) is 7.79. The van der Waals surface area contributed by atoms with Crippen molar-refractivity contribution in [1.82, 2.24) is 0 Å². The van der Waals surface area contributed by atoms with Crippen molar-refractivity contribution in [3.63, 3.8) is 0 Å². The van der Waals surface area contributed by atoms with Crippen LogP contribution in [-0.2, 0) is 0 Å². The molecule has 1 aromatic rings. The average Bonchev–Trinajstić information content (AvgIpc) is 1.92. The first-order chi connectivity index (χ1) is 5.79. The SMILES string of the molecule is CC(C)(C)O.Cc1ccc(N)cc1.[HH]. The number of benzene rings is 1. The second-order valence-electron chi connectivity index (χ2n) is 4.08. The van der Waals surface area contributed by atoms with Crippen LogP contribution in [-0.4, -0.2) is 10.7 Å². The normalized spacial score (nSPS) is 10.2. The van der Waals surface area contributed by atoms with Crippen LogP contribution in [0.1, 0.15) is 27.8 Å². The van der Waals surface area contributed by atoms with Crippen LogP contribution in [0.15, 0.2) is 24.3 Å². The van der Waals surface area contributed by atoms with E-state index in [-0.39, 0.29) is 1.43 Å². The molecule has 0 unspecified atom stereocenters. The fourth-order valence-corrected chi connectivity index (χ4v) is 0.566. The predicted octanol–water partition coefficient (Wildman–Crippen LogP) is 2.60. The fraction of sp³-hybridized carbons (Fsp3) is 0.455. The molecule has 0 atom stereocenters. The summed E-state index contributed by atoms with van der Waals surface area (Å²) in [5.41, 5.74) is 7.01. The Morgan fingerprint density at radius 2 is 1.46 bits per heavy atom. The fourth-order valence-electron chi connectivity index (χ4n) is 0.566. The summed E-state index contributed by atoms with van der Waals surface area (Å²) < 4.78 is 0. The predicted molar refractivity (Wildman–Crippen MR) is 59.7 cm³/mol. The molecule has 0 aromatic heterocycles. The van der Waals surface area contributed by atoms with E-state index < -0.39 is 5.60 Å². The molecule has 0 fully saturated rings. The van der Waals surface area contributed by atoms with Crippen molar-refractivity contribution >= 4 is 5.69 Å². The molecule has 0 radical (unpaired) electrons. The molecule has 1 rings (SSSR count). The molecule has 0 saturated carbocycles. The van der Waals surface area contributed by atoms with Gasteiger partial charge in [0.1, 0.15) is 0 Å². The van der Waals surface area contributed by atoms with E-state index in [1.165, 1.54) is 5.56 Å². The van der Waals surface area contributed by atoms with Gasteiger partial charge in [-0.1, -0.05) is 17.7 Å². The molecule has 13 heavy (non-hydrogen) atoms. The number of nitrogen functional groups attached to an aromatic ring is 1. The second kappa shape index (κ2) is 4.87. The van der Waals surface area contributed by atoms with Crippen molar-refractivity contribution in [3.05, 3.63) is 29.8 Å². The van der Waals surface area contributed by atoms with Crippen molar-refractivity contribution in [1.29, 1.82) is 0 Å². The van der Waals surface area contributed by atoms with Gasteiger partial charge in [-0.05, 0) is 39.8 Å². The number of aliphatic hydroxyl groups is 1. The highest BCUT2D eigenvalue weighted by molar-refractivity contribution is 5.38. The monoisotopic (exact) mass is 183 g/mol. The minimum Gasteiger partial charge on any atom is -0.399 e. The van der Waals surface area contributed by atoms with E-state index >= 15 is 0 Å². The zero-order valence-corrected chi connectivity index (χ0v) is 8.83. The maximum atomic E-state index is 8.52. The van der Waals surface area contributed by atoms with Crippen molar-refractivity contribution < 1.29 is 6.53 Å². The molecule has 0 spiro atoms. The van der Waals surface area contributed by atoms with E-state index in [1.54, 1.807) is 20.8 Å². The van der Waals surface area contributed by atoms with Gasteiger partial charge >= 0.3 is 0 Å². The lowest BCUT2D eigenvalue weighted by Crippen LogP contribution is -2.10. The highest BCUT2D eigenvalue weighted by atomic mass is 16.3. The average molecular weight is 183 g/mol. The van der Waals surface area contributed by atoms with E-state index in [0.717, 1.165) is 5.69 Å². The first-order valence-corrected chi connectivity index (χ1v) is 4.33. The quantitative estimate of drug-likeness (QED) is 0.607. The summed E-state index contributed by atoms with van der Waals surface area (Å²) in [5.74, 6) is 0. The third kappa shape index (κ3) is 11.0. The third-order valence-corrected chi connectivity index (χ3v) is 1.08. The molecule has 76 valence electrons. The second-order valence-corrected chi connectivity index (χ2v) is 4.08. The van der Waals surface area contributed by atoms with Crippen molar-refractivity contribution in [2.75, 3.05) is 5.73 Å². The van der Waals surface area contributed by atoms with Gasteiger partial charge in [-0.15, -0.1) is 0 Å². The first kappa shape index (κ1) is 12.0. The van der Waals surface area contributed by atoms with E-state index in [4.69, 9.17) is 10.8 Å². The Labute approximate surface area is 81.9 Å². The van der Waals surface area contributed by atoms with E-state index in [2.05, 4.69) is 0 Å². The lowest BCUT2D eigenvalue weighted by atomic mass is 10.2. The van der Waals surface area contributed by atoms with E-state index in [1.807, 2.05) is 31.2 Å². The summed E-state index contributed by atoms with van der Waals surface area (Å²) in [6.45, 7) is 7.27. The molecule has 0 amide bonds. The third-order valence-electron chi connectivity index (χ3n) is 1.08. The molecule has 0 aliphatic heterocycles. The zero-order valence-electron chi connectivity index (χ0n) is 8.83. The van der Waals surface area contributed by atoms with Gasteiger partial charge in [0, 0.05) is 7.11 Å². The summed E-state index contributed by atoms with van der Waals surface area (Å²) in [4.78, 5) is 0. The Balaban J connectivity index is 0. The van der Waals surface area contributed by atoms with Gasteiger partial charge in [-0.2, -0.15) is 0 Å². The summed E-state index contributed by atoms with van der Waals surface area (Å²) in [7, 11) is 0. The molecule has 2 nitrogen and oxygen atoms in total. The topological polar surface area (TPSA) is 46.2 Å². The highest BCUT2D eigenvalue weighted by Crippen LogP contribution is 2.02. The van der Waals surface area contributed by atoms with Gasteiger partial charge in [0.05, 0.1) is 5.60 Å². The lowest BCUT2D eigenvalue weighted by Gasteiger charge is -2.04. The zero-order chi connectivity index (χ0) is 10.5. The van der Waals surface area contributed by atoms with Crippen LogP contribution in [0.3, 0.4) is 0 Å². The van der Waals surface area contributed by atoms with Crippen LogP contribution < -0.4 is 5.73 Å². The molecular weight excluding hydrogens is 162 g/mol. The molecule has 1 aromatic carbocycles. The number of nitrogens with two attached hydrogens (primary N) is 1. The molecule has 3 N–H and O–H groups in total. The van der Waals surface area contributed by atoms with Crippen molar-refractivity contribution in [2.24, 2.45) is 0 Å². The van der Waals surface area contributed by atoms with Gasteiger partial charge in [-0.25, -0.2) is 0 Å². The maximum Gasteiger partial charge on any atom is 0.0563 e. The number of hydrogen-bond donors (Lipinski definition) is 2. The molecule has 0 aliphatic rings. The molecule has 2 heteroatoms. The van der Waals surface area contributed by atoms with Gasteiger partial charge in [0.15, 0.2) is 0 Å². The number of rotatable bonds is 0. The Hall–Kier alpha value is -1.02. The van der Waals surface area contributed by atoms with Crippen LogP contribution in [0.25, 0.3) is 0 Å².